The van der Waals surface area contributed by atoms with Crippen molar-refractivity contribution in [2.24, 2.45) is 0 Å². The fourth-order valence-electron chi connectivity index (χ4n) is 1.70. The maximum absolute atomic E-state index is 5.46. The van der Waals surface area contributed by atoms with Gasteiger partial charge in [-0.2, -0.15) is 0 Å². The third-order valence-electron chi connectivity index (χ3n) is 2.42. The lowest BCUT2D eigenvalue weighted by Gasteiger charge is -2.09. The topological polar surface area (TPSA) is 21.3 Å². The average Bonchev–Trinajstić information content (AvgIpc) is 2.33. The van der Waals surface area contributed by atoms with Gasteiger partial charge in [0.2, 0.25) is 0 Å². The number of anilines is 1. The third-order valence-corrected chi connectivity index (χ3v) is 2.62. The van der Waals surface area contributed by atoms with E-state index in [1.165, 1.54) is 5.56 Å². The van der Waals surface area contributed by atoms with Crippen molar-refractivity contribution < 1.29 is 4.74 Å². The number of rotatable bonds is 1. The lowest BCUT2D eigenvalue weighted by Crippen LogP contribution is -2.16. The van der Waals surface area contributed by atoms with Gasteiger partial charge in [-0.3, -0.25) is 0 Å². The molecule has 15 heavy (non-hydrogen) atoms. The van der Waals surface area contributed by atoms with Crippen LogP contribution in [0.15, 0.2) is 24.8 Å². The normalized spacial score (nSPS) is 19.5. The van der Waals surface area contributed by atoms with E-state index in [4.69, 9.17) is 17.0 Å². The van der Waals surface area contributed by atoms with Crippen molar-refractivity contribution in [1.29, 1.82) is 0 Å². The predicted octanol–water partition coefficient (Wildman–Crippen LogP) is 2.99. The van der Waals surface area contributed by atoms with Crippen LogP contribution in [0, 0.1) is 0 Å². The fraction of sp³-hybridized carbons (Fsp3) is 0.250. The molecule has 1 aliphatic heterocycles. The molecule has 0 saturated heterocycles. The highest BCUT2D eigenvalue weighted by molar-refractivity contribution is 7.80. The minimum atomic E-state index is 0.117. The standard InChI is InChI=1S/C12H13NOS/c1-3-9-4-5-11-10(7-9)6-8(2)14-12(15)13-11/h3-5,7-8H,1,6H2,2H3,(H,13,15). The summed E-state index contributed by atoms with van der Waals surface area (Å²) < 4.78 is 5.46. The SMILES string of the molecule is C=Cc1ccc2c(c1)CC(C)OC(=S)N2. The molecule has 0 saturated carbocycles. The molecule has 0 bridgehead atoms. The highest BCUT2D eigenvalue weighted by Crippen LogP contribution is 2.23. The Kier molecular flexibility index (Phi) is 2.73. The number of hydrogen-bond acceptors (Lipinski definition) is 2. The van der Waals surface area contributed by atoms with Crippen LogP contribution in [-0.4, -0.2) is 11.3 Å². The predicted molar refractivity (Wildman–Crippen MR) is 67.0 cm³/mol. The van der Waals surface area contributed by atoms with E-state index < -0.39 is 0 Å². The zero-order chi connectivity index (χ0) is 10.8. The third kappa shape index (κ3) is 2.18. The van der Waals surface area contributed by atoms with Gasteiger partial charge in [0.1, 0.15) is 6.10 Å². The summed E-state index contributed by atoms with van der Waals surface area (Å²) in [5, 5.41) is 3.53. The molecule has 3 heteroatoms. The molecule has 0 amide bonds. The summed E-state index contributed by atoms with van der Waals surface area (Å²) in [4.78, 5) is 0. The van der Waals surface area contributed by atoms with Crippen LogP contribution < -0.4 is 5.32 Å². The average molecular weight is 219 g/mol. The molecular weight excluding hydrogens is 206 g/mol. The Labute approximate surface area is 94.9 Å². The monoisotopic (exact) mass is 219 g/mol. The molecule has 2 nitrogen and oxygen atoms in total. The summed E-state index contributed by atoms with van der Waals surface area (Å²) in [5.74, 6) is 0. The Morgan fingerprint density at radius 1 is 1.60 bits per heavy atom. The van der Waals surface area contributed by atoms with E-state index in [0.717, 1.165) is 17.7 Å². The zero-order valence-corrected chi connectivity index (χ0v) is 9.43. The number of hydrogen-bond donors (Lipinski definition) is 1. The Morgan fingerprint density at radius 3 is 3.13 bits per heavy atom. The second-order valence-electron chi connectivity index (χ2n) is 3.67. The zero-order valence-electron chi connectivity index (χ0n) is 8.62. The Balaban J connectivity index is 2.41. The second kappa shape index (κ2) is 4.03. The van der Waals surface area contributed by atoms with Crippen LogP contribution in [0.25, 0.3) is 6.08 Å². The molecular formula is C12H13NOS. The van der Waals surface area contributed by atoms with Crippen molar-refractivity contribution in [3.63, 3.8) is 0 Å². The largest absolute Gasteiger partial charge is 0.467 e. The first-order chi connectivity index (χ1) is 7.19. The van der Waals surface area contributed by atoms with Crippen LogP contribution in [-0.2, 0) is 11.2 Å². The van der Waals surface area contributed by atoms with E-state index in [1.54, 1.807) is 0 Å². The van der Waals surface area contributed by atoms with Crippen LogP contribution in [0.1, 0.15) is 18.1 Å². The van der Waals surface area contributed by atoms with Gasteiger partial charge < -0.3 is 10.1 Å². The van der Waals surface area contributed by atoms with Crippen LogP contribution in [0.5, 0.6) is 0 Å². The van der Waals surface area contributed by atoms with Gasteiger partial charge in [0.05, 0.1) is 0 Å². The first-order valence-electron chi connectivity index (χ1n) is 4.92. The maximum atomic E-state index is 5.46. The van der Waals surface area contributed by atoms with Gasteiger partial charge in [-0.25, -0.2) is 0 Å². The van der Waals surface area contributed by atoms with E-state index in [0.29, 0.717) is 5.17 Å². The molecule has 0 radical (unpaired) electrons. The van der Waals surface area contributed by atoms with Crippen LogP contribution >= 0.6 is 12.2 Å². The molecule has 1 aliphatic rings. The van der Waals surface area contributed by atoms with Crippen molar-refractivity contribution >= 4 is 29.2 Å². The molecule has 0 fully saturated rings. The van der Waals surface area contributed by atoms with Gasteiger partial charge in [0.25, 0.3) is 5.17 Å². The van der Waals surface area contributed by atoms with Crippen molar-refractivity contribution in [1.82, 2.24) is 0 Å². The maximum Gasteiger partial charge on any atom is 0.261 e. The molecule has 0 spiro atoms. The van der Waals surface area contributed by atoms with Crippen molar-refractivity contribution in [3.8, 4) is 0 Å². The van der Waals surface area contributed by atoms with Gasteiger partial charge in [0, 0.05) is 12.1 Å². The van der Waals surface area contributed by atoms with E-state index in [1.807, 2.05) is 25.1 Å². The van der Waals surface area contributed by atoms with Gasteiger partial charge in [-0.15, -0.1) is 0 Å². The van der Waals surface area contributed by atoms with Crippen molar-refractivity contribution in [2.75, 3.05) is 5.32 Å². The molecule has 1 aromatic carbocycles. The van der Waals surface area contributed by atoms with E-state index in [2.05, 4.69) is 18.0 Å². The summed E-state index contributed by atoms with van der Waals surface area (Å²) >= 11 is 5.05. The van der Waals surface area contributed by atoms with Gasteiger partial charge in [-0.05, 0) is 42.4 Å². The summed E-state index contributed by atoms with van der Waals surface area (Å²) in [7, 11) is 0. The molecule has 78 valence electrons. The van der Waals surface area contributed by atoms with Crippen molar-refractivity contribution in [3.05, 3.63) is 35.9 Å². The molecule has 2 rings (SSSR count). The molecule has 0 aliphatic carbocycles. The van der Waals surface area contributed by atoms with Gasteiger partial charge >= 0.3 is 0 Å². The van der Waals surface area contributed by atoms with Gasteiger partial charge in [-0.1, -0.05) is 18.7 Å². The van der Waals surface area contributed by atoms with Crippen molar-refractivity contribution in [2.45, 2.75) is 19.4 Å². The van der Waals surface area contributed by atoms with Crippen LogP contribution in [0.2, 0.25) is 0 Å². The Hall–Kier alpha value is -1.35. The summed E-state index contributed by atoms with van der Waals surface area (Å²) in [6, 6.07) is 6.14. The van der Waals surface area contributed by atoms with Crippen LogP contribution in [0.3, 0.4) is 0 Å². The summed E-state index contributed by atoms with van der Waals surface area (Å²) in [5.41, 5.74) is 3.38. The van der Waals surface area contributed by atoms with E-state index >= 15 is 0 Å². The molecule has 1 atom stereocenters. The molecule has 1 heterocycles. The number of benzene rings is 1. The first-order valence-corrected chi connectivity index (χ1v) is 5.33. The Morgan fingerprint density at radius 2 is 2.40 bits per heavy atom. The molecule has 1 N–H and O–H groups in total. The fourth-order valence-corrected chi connectivity index (χ4v) is 1.98. The van der Waals surface area contributed by atoms with Crippen LogP contribution in [0.4, 0.5) is 5.69 Å². The first kappa shape index (κ1) is 10.2. The van der Waals surface area contributed by atoms with Gasteiger partial charge in [0.15, 0.2) is 0 Å². The van der Waals surface area contributed by atoms with E-state index in [9.17, 15) is 0 Å². The lowest BCUT2D eigenvalue weighted by molar-refractivity contribution is 0.217. The quantitative estimate of drug-likeness (QED) is 0.734. The number of ether oxygens (including phenoxy) is 1. The summed E-state index contributed by atoms with van der Waals surface area (Å²) in [6.45, 7) is 5.78. The molecule has 1 aromatic rings. The molecule has 1 unspecified atom stereocenters. The Bertz CT molecular complexity index is 414. The van der Waals surface area contributed by atoms with E-state index in [-0.39, 0.29) is 6.10 Å². The number of nitrogens with one attached hydrogen (secondary N) is 1. The lowest BCUT2D eigenvalue weighted by atomic mass is 10.0. The number of thiocarbonyl (C=S) groups is 1. The molecule has 0 aromatic heterocycles. The smallest absolute Gasteiger partial charge is 0.261 e. The highest BCUT2D eigenvalue weighted by atomic mass is 32.1. The minimum Gasteiger partial charge on any atom is -0.467 e. The second-order valence-corrected chi connectivity index (χ2v) is 4.04. The minimum absolute atomic E-state index is 0.117. The highest BCUT2D eigenvalue weighted by Gasteiger charge is 2.16. The number of fused-ring (bicyclic) bond motifs is 1. The summed E-state index contributed by atoms with van der Waals surface area (Å²) in [6.07, 6.45) is 2.82.